The maximum Gasteiger partial charge on any atom is 0.416 e. The fraction of sp³-hybridized carbons (Fsp3) is 0.263. The van der Waals surface area contributed by atoms with Gasteiger partial charge in [0.15, 0.2) is 0 Å². The number of halogens is 4. The summed E-state index contributed by atoms with van der Waals surface area (Å²) >= 11 is 0. The lowest BCUT2D eigenvalue weighted by Crippen LogP contribution is -2.25. The third-order valence-electron chi connectivity index (χ3n) is 4.91. The van der Waals surface area contributed by atoms with Crippen molar-refractivity contribution in [2.75, 3.05) is 0 Å². The van der Waals surface area contributed by atoms with Crippen LogP contribution in [0.2, 0.25) is 0 Å². The van der Waals surface area contributed by atoms with Crippen molar-refractivity contribution in [2.45, 2.75) is 30.8 Å². The molecule has 0 spiro atoms. The molecule has 140 valence electrons. The third-order valence-corrected chi connectivity index (χ3v) is 4.91. The molecule has 0 saturated carbocycles. The quantitative estimate of drug-likeness (QED) is 0.490. The molecule has 27 heavy (non-hydrogen) atoms. The van der Waals surface area contributed by atoms with Crippen molar-refractivity contribution in [3.05, 3.63) is 83.7 Å². The van der Waals surface area contributed by atoms with Crippen LogP contribution in [0, 0.1) is 5.82 Å². The van der Waals surface area contributed by atoms with Crippen LogP contribution in [0.3, 0.4) is 0 Å². The van der Waals surface area contributed by atoms with E-state index in [0.717, 1.165) is 12.1 Å². The third kappa shape index (κ3) is 2.99. The zero-order valence-electron chi connectivity index (χ0n) is 14.2. The number of hydrogen-bond donors (Lipinski definition) is 0. The van der Waals surface area contributed by atoms with Crippen molar-refractivity contribution in [3.8, 4) is 0 Å². The summed E-state index contributed by atoms with van der Waals surface area (Å²) in [4.78, 5) is 3.91. The van der Waals surface area contributed by atoms with E-state index in [1.165, 1.54) is 30.9 Å². The van der Waals surface area contributed by atoms with E-state index in [-0.39, 0.29) is 0 Å². The Morgan fingerprint density at radius 2 is 1.89 bits per heavy atom. The monoisotopic (exact) mass is 377 g/mol. The zero-order chi connectivity index (χ0) is 19.2. The molecular formula is C19H15F4N3O. The van der Waals surface area contributed by atoms with E-state index >= 15 is 0 Å². The highest BCUT2D eigenvalue weighted by molar-refractivity contribution is 5.40. The molecule has 1 aliphatic heterocycles. The summed E-state index contributed by atoms with van der Waals surface area (Å²) in [5.74, 6) is -0.395. The molecule has 3 atom stereocenters. The number of alkyl halides is 3. The van der Waals surface area contributed by atoms with Gasteiger partial charge in [0, 0.05) is 0 Å². The lowest BCUT2D eigenvalue weighted by Gasteiger charge is -2.23. The normalized spacial score (nSPS) is 23.2. The Morgan fingerprint density at radius 1 is 1.15 bits per heavy atom. The standard InChI is InChI=1S/C19H15F4N3O/c1-12(26-11-24-10-25-26)18(14-3-2-4-15(9-14)19(21,22)23)17(27-18)13-5-7-16(20)8-6-13/h2-12,17H,1H3. The van der Waals surface area contributed by atoms with Gasteiger partial charge >= 0.3 is 6.18 Å². The van der Waals surface area contributed by atoms with Gasteiger partial charge in [-0.05, 0) is 42.3 Å². The van der Waals surface area contributed by atoms with Crippen molar-refractivity contribution in [1.29, 1.82) is 0 Å². The maximum atomic E-state index is 13.3. The molecule has 3 aromatic rings. The molecule has 8 heteroatoms. The number of rotatable bonds is 4. The molecule has 3 unspecified atom stereocenters. The van der Waals surface area contributed by atoms with Crippen LogP contribution in [-0.2, 0) is 16.5 Å². The van der Waals surface area contributed by atoms with Gasteiger partial charge in [-0.25, -0.2) is 14.1 Å². The number of benzene rings is 2. The minimum atomic E-state index is -4.46. The second kappa shape index (κ2) is 6.16. The summed E-state index contributed by atoms with van der Waals surface area (Å²) in [7, 11) is 0. The molecule has 1 saturated heterocycles. The Kier molecular flexibility index (Phi) is 4.03. The van der Waals surface area contributed by atoms with Crippen molar-refractivity contribution < 1.29 is 22.3 Å². The van der Waals surface area contributed by atoms with Crippen LogP contribution >= 0.6 is 0 Å². The number of ether oxygens (including phenoxy) is 1. The first-order chi connectivity index (χ1) is 12.8. The van der Waals surface area contributed by atoms with E-state index in [9.17, 15) is 17.6 Å². The maximum absolute atomic E-state index is 13.3. The van der Waals surface area contributed by atoms with E-state index in [1.54, 1.807) is 29.8 Å². The summed E-state index contributed by atoms with van der Waals surface area (Å²) in [6.45, 7) is 1.80. The fourth-order valence-corrected chi connectivity index (χ4v) is 3.44. The van der Waals surface area contributed by atoms with Crippen LogP contribution < -0.4 is 0 Å². The second-order valence-electron chi connectivity index (χ2n) is 6.47. The van der Waals surface area contributed by atoms with E-state index in [0.29, 0.717) is 11.1 Å². The van der Waals surface area contributed by atoms with Crippen LogP contribution in [0.4, 0.5) is 17.6 Å². The molecule has 4 nitrogen and oxygen atoms in total. The number of aromatic nitrogens is 3. The number of epoxide rings is 1. The predicted molar refractivity (Wildman–Crippen MR) is 88.1 cm³/mol. The molecule has 0 N–H and O–H groups in total. The predicted octanol–water partition coefficient (Wildman–Crippen LogP) is 4.66. The van der Waals surface area contributed by atoms with Crippen LogP contribution in [-0.4, -0.2) is 14.8 Å². The van der Waals surface area contributed by atoms with Crippen molar-refractivity contribution in [2.24, 2.45) is 0 Å². The van der Waals surface area contributed by atoms with E-state index in [2.05, 4.69) is 10.1 Å². The molecule has 4 rings (SSSR count). The lowest BCUT2D eigenvalue weighted by atomic mass is 9.85. The highest BCUT2D eigenvalue weighted by Gasteiger charge is 2.63. The summed E-state index contributed by atoms with van der Waals surface area (Å²) in [6, 6.07) is 10.4. The van der Waals surface area contributed by atoms with Crippen LogP contribution in [0.5, 0.6) is 0 Å². The molecule has 0 amide bonds. The molecule has 0 aliphatic carbocycles. The van der Waals surface area contributed by atoms with E-state index in [4.69, 9.17) is 4.74 Å². The van der Waals surface area contributed by atoms with Gasteiger partial charge in [0.1, 0.15) is 30.2 Å². The average Bonchev–Trinajstić information content (AvgIpc) is 3.16. The average molecular weight is 377 g/mol. The first kappa shape index (κ1) is 17.7. The van der Waals surface area contributed by atoms with Crippen LogP contribution in [0.1, 0.15) is 35.8 Å². The molecule has 1 aromatic heterocycles. The van der Waals surface area contributed by atoms with E-state index < -0.39 is 35.3 Å². The highest BCUT2D eigenvalue weighted by atomic mass is 19.4. The molecule has 0 bridgehead atoms. The van der Waals surface area contributed by atoms with Crippen molar-refractivity contribution >= 4 is 0 Å². The summed E-state index contributed by atoms with van der Waals surface area (Å²) in [5, 5.41) is 4.10. The Morgan fingerprint density at radius 3 is 2.52 bits per heavy atom. The Bertz CT molecular complexity index is 940. The van der Waals surface area contributed by atoms with Gasteiger partial charge in [-0.15, -0.1) is 0 Å². The van der Waals surface area contributed by atoms with Crippen molar-refractivity contribution in [3.63, 3.8) is 0 Å². The van der Waals surface area contributed by atoms with Crippen LogP contribution in [0.15, 0.2) is 61.2 Å². The first-order valence-electron chi connectivity index (χ1n) is 8.27. The SMILES string of the molecule is CC(n1cncn1)C1(c2cccc(C(F)(F)F)c2)OC1c1ccc(F)cc1. The van der Waals surface area contributed by atoms with E-state index in [1.807, 2.05) is 0 Å². The fourth-order valence-electron chi connectivity index (χ4n) is 3.44. The van der Waals surface area contributed by atoms with Gasteiger partial charge in [0.05, 0.1) is 11.6 Å². The smallest absolute Gasteiger partial charge is 0.354 e. The molecule has 1 aliphatic rings. The molecule has 1 fully saturated rings. The minimum absolute atomic E-state index is 0.384. The second-order valence-corrected chi connectivity index (χ2v) is 6.47. The largest absolute Gasteiger partial charge is 0.416 e. The van der Waals surface area contributed by atoms with Gasteiger partial charge < -0.3 is 4.74 Å². The Balaban J connectivity index is 1.80. The number of hydrogen-bond acceptors (Lipinski definition) is 3. The molecule has 0 radical (unpaired) electrons. The van der Waals surface area contributed by atoms with Gasteiger partial charge in [0.25, 0.3) is 0 Å². The summed E-state index contributed by atoms with van der Waals surface area (Å²) in [5.41, 5.74) is -0.749. The highest BCUT2D eigenvalue weighted by Crippen LogP contribution is 2.63. The topological polar surface area (TPSA) is 43.2 Å². The Hall–Kier alpha value is -2.74. The Labute approximate surface area is 152 Å². The molecule has 2 aromatic carbocycles. The molecular weight excluding hydrogens is 362 g/mol. The van der Waals surface area contributed by atoms with Gasteiger partial charge in [-0.2, -0.15) is 18.3 Å². The van der Waals surface area contributed by atoms with Gasteiger partial charge in [-0.3, -0.25) is 0 Å². The summed E-state index contributed by atoms with van der Waals surface area (Å²) in [6.07, 6.45) is -2.15. The minimum Gasteiger partial charge on any atom is -0.354 e. The lowest BCUT2D eigenvalue weighted by molar-refractivity contribution is -0.137. The van der Waals surface area contributed by atoms with Crippen LogP contribution in [0.25, 0.3) is 0 Å². The van der Waals surface area contributed by atoms with Crippen molar-refractivity contribution in [1.82, 2.24) is 14.8 Å². The molecule has 2 heterocycles. The van der Waals surface area contributed by atoms with Gasteiger partial charge in [-0.1, -0.05) is 24.3 Å². The van der Waals surface area contributed by atoms with Gasteiger partial charge in [0.2, 0.25) is 0 Å². The first-order valence-corrected chi connectivity index (χ1v) is 8.27. The summed E-state index contributed by atoms with van der Waals surface area (Å²) < 4.78 is 60.4. The number of nitrogens with zero attached hydrogens (tertiary/aromatic N) is 3. The zero-order valence-corrected chi connectivity index (χ0v) is 14.2.